The molecule has 1 heterocycles. The smallest absolute Gasteiger partial charge is 0.238 e. The van der Waals surface area contributed by atoms with Crippen LogP contribution in [0.25, 0.3) is 0 Å². The van der Waals surface area contributed by atoms with Gasteiger partial charge in [0.15, 0.2) is 0 Å². The van der Waals surface area contributed by atoms with Gasteiger partial charge in [0.1, 0.15) is 0 Å². The summed E-state index contributed by atoms with van der Waals surface area (Å²) in [5.74, 6) is -0.0121. The fourth-order valence-electron chi connectivity index (χ4n) is 3.70. The Labute approximate surface area is 199 Å². The first-order valence-electron chi connectivity index (χ1n) is 10.8. The quantitative estimate of drug-likeness (QED) is 0.611. The Kier molecular flexibility index (Phi) is 8.93. The van der Waals surface area contributed by atoms with Crippen molar-refractivity contribution < 1.29 is 9.59 Å². The van der Waals surface area contributed by atoms with Gasteiger partial charge in [0.25, 0.3) is 0 Å². The molecule has 1 aliphatic rings. The summed E-state index contributed by atoms with van der Waals surface area (Å²) in [5, 5.41) is 7.18. The number of piperazine rings is 1. The van der Waals surface area contributed by atoms with Crippen molar-refractivity contribution in [1.29, 1.82) is 0 Å². The lowest BCUT2D eigenvalue weighted by Gasteiger charge is -2.33. The lowest BCUT2D eigenvalue weighted by atomic mass is 10.1. The number of rotatable bonds is 8. The number of aryl methyl sites for hydroxylation is 1. The Morgan fingerprint density at radius 3 is 2.25 bits per heavy atom. The second-order valence-corrected chi connectivity index (χ2v) is 9.03. The number of hydrogen-bond acceptors (Lipinski definition) is 4. The van der Waals surface area contributed by atoms with Gasteiger partial charge in [-0.05, 0) is 55.2 Å². The molecule has 2 amide bonds. The molecule has 2 aromatic rings. The minimum absolute atomic E-state index is 0.00352. The van der Waals surface area contributed by atoms with E-state index in [0.29, 0.717) is 36.1 Å². The average Bonchev–Trinajstić information content (AvgIpc) is 2.74. The predicted octanol–water partition coefficient (Wildman–Crippen LogP) is 3.53. The lowest BCUT2D eigenvalue weighted by Crippen LogP contribution is -2.51. The first-order chi connectivity index (χ1) is 15.3. The van der Waals surface area contributed by atoms with Crippen molar-refractivity contribution in [3.8, 4) is 0 Å². The van der Waals surface area contributed by atoms with Crippen LogP contribution < -0.4 is 10.6 Å². The minimum atomic E-state index is -0.00856. The van der Waals surface area contributed by atoms with Gasteiger partial charge in [0.2, 0.25) is 11.8 Å². The van der Waals surface area contributed by atoms with Crippen LogP contribution in [0.15, 0.2) is 36.4 Å². The van der Waals surface area contributed by atoms with E-state index in [2.05, 4.69) is 20.4 Å². The van der Waals surface area contributed by atoms with Gasteiger partial charge in [-0.25, -0.2) is 0 Å². The first kappa shape index (κ1) is 24.5. The Hall–Kier alpha value is -2.12. The second-order valence-electron chi connectivity index (χ2n) is 8.18. The van der Waals surface area contributed by atoms with Gasteiger partial charge in [-0.2, -0.15) is 0 Å². The van der Waals surface area contributed by atoms with Crippen molar-refractivity contribution in [2.45, 2.75) is 20.3 Å². The predicted molar refractivity (Wildman–Crippen MR) is 131 cm³/mol. The molecule has 0 saturated carbocycles. The highest BCUT2D eigenvalue weighted by Gasteiger charge is 2.21. The Morgan fingerprint density at radius 2 is 1.59 bits per heavy atom. The highest BCUT2D eigenvalue weighted by Crippen LogP contribution is 2.21. The van der Waals surface area contributed by atoms with Gasteiger partial charge in [-0.15, -0.1) is 0 Å². The van der Waals surface area contributed by atoms with Crippen molar-refractivity contribution in [3.05, 3.63) is 63.1 Å². The topological polar surface area (TPSA) is 64.7 Å². The van der Waals surface area contributed by atoms with E-state index in [1.807, 2.05) is 38.1 Å². The third kappa shape index (κ3) is 7.20. The van der Waals surface area contributed by atoms with E-state index in [1.165, 1.54) is 0 Å². The van der Waals surface area contributed by atoms with Crippen molar-refractivity contribution in [3.63, 3.8) is 0 Å². The monoisotopic (exact) mass is 476 g/mol. The van der Waals surface area contributed by atoms with Crippen molar-refractivity contribution in [2.75, 3.05) is 51.1 Å². The van der Waals surface area contributed by atoms with Crippen molar-refractivity contribution in [2.24, 2.45) is 0 Å². The molecule has 0 spiro atoms. The molecule has 0 aromatic heterocycles. The molecule has 0 radical (unpaired) electrons. The van der Waals surface area contributed by atoms with Crippen LogP contribution in [0, 0.1) is 13.8 Å². The van der Waals surface area contributed by atoms with E-state index < -0.39 is 0 Å². The second kappa shape index (κ2) is 11.7. The van der Waals surface area contributed by atoms with Gasteiger partial charge in [0, 0.05) is 48.5 Å². The zero-order valence-electron chi connectivity index (χ0n) is 18.6. The average molecular weight is 477 g/mol. The summed E-state index contributed by atoms with van der Waals surface area (Å²) in [6, 6.07) is 11.3. The molecule has 2 aromatic carbocycles. The summed E-state index contributed by atoms with van der Waals surface area (Å²) in [5.41, 5.74) is 4.08. The van der Waals surface area contributed by atoms with Gasteiger partial charge in [0.05, 0.1) is 13.1 Å². The molecule has 3 rings (SSSR count). The molecular weight excluding hydrogens is 447 g/mol. The molecule has 8 heteroatoms. The number of carbonyl (C=O) groups is 2. The molecule has 0 unspecified atom stereocenters. The van der Waals surface area contributed by atoms with Crippen LogP contribution in [0.1, 0.15) is 16.7 Å². The van der Waals surface area contributed by atoms with Crippen LogP contribution in [0.4, 0.5) is 5.69 Å². The zero-order chi connectivity index (χ0) is 23.1. The Balaban J connectivity index is 1.34. The van der Waals surface area contributed by atoms with Gasteiger partial charge in [-0.1, -0.05) is 41.4 Å². The van der Waals surface area contributed by atoms with Crippen LogP contribution >= 0.6 is 23.2 Å². The fraction of sp³-hybridized carbons (Fsp3) is 0.417. The van der Waals surface area contributed by atoms with Crippen LogP contribution in [0.3, 0.4) is 0 Å². The molecule has 6 nitrogen and oxygen atoms in total. The van der Waals surface area contributed by atoms with Crippen LogP contribution in [0.5, 0.6) is 0 Å². The van der Waals surface area contributed by atoms with E-state index in [1.54, 1.807) is 12.1 Å². The lowest BCUT2D eigenvalue weighted by molar-refractivity contribution is -0.123. The normalized spacial score (nSPS) is 14.9. The molecule has 2 N–H and O–H groups in total. The number of carbonyl (C=O) groups excluding carboxylic acids is 2. The van der Waals surface area contributed by atoms with Crippen LogP contribution in [0.2, 0.25) is 10.0 Å². The van der Waals surface area contributed by atoms with Crippen molar-refractivity contribution >= 4 is 40.7 Å². The molecule has 0 atom stereocenters. The highest BCUT2D eigenvalue weighted by atomic mass is 35.5. The van der Waals surface area contributed by atoms with E-state index in [9.17, 15) is 9.59 Å². The molecule has 1 aliphatic heterocycles. The maximum Gasteiger partial charge on any atom is 0.238 e. The number of halogens is 2. The number of amides is 2. The van der Waals surface area contributed by atoms with E-state index in [4.69, 9.17) is 23.2 Å². The number of nitrogens with zero attached hydrogens (tertiary/aromatic N) is 2. The summed E-state index contributed by atoms with van der Waals surface area (Å²) in [4.78, 5) is 28.9. The third-order valence-electron chi connectivity index (χ3n) is 5.81. The summed E-state index contributed by atoms with van der Waals surface area (Å²) >= 11 is 12.1. The van der Waals surface area contributed by atoms with Gasteiger partial charge in [-0.3, -0.25) is 19.4 Å². The Bertz CT molecular complexity index is 959. The molecule has 0 bridgehead atoms. The summed E-state index contributed by atoms with van der Waals surface area (Å²) in [7, 11) is 0. The fourth-order valence-corrected chi connectivity index (χ4v) is 4.21. The third-order valence-corrected chi connectivity index (χ3v) is 6.40. The zero-order valence-corrected chi connectivity index (χ0v) is 20.1. The standard InChI is InChI=1S/C24H30Cl2N4O2/c1-17-4-3-5-22(18(17)2)28-24(32)16-30-12-10-29(11-13-30)15-23(31)27-9-8-19-6-7-20(25)14-21(19)26/h3-7,14H,8-13,15-16H2,1-2H3,(H,27,31)(H,28,32). The number of benzene rings is 2. The number of anilines is 1. The van der Waals surface area contributed by atoms with Crippen LogP contribution in [-0.2, 0) is 16.0 Å². The largest absolute Gasteiger partial charge is 0.355 e. The molecule has 1 saturated heterocycles. The Morgan fingerprint density at radius 1 is 0.938 bits per heavy atom. The molecule has 1 fully saturated rings. The molecule has 172 valence electrons. The summed E-state index contributed by atoms with van der Waals surface area (Å²) < 4.78 is 0. The van der Waals surface area contributed by atoms with E-state index in [0.717, 1.165) is 48.6 Å². The van der Waals surface area contributed by atoms with Crippen molar-refractivity contribution in [1.82, 2.24) is 15.1 Å². The maximum absolute atomic E-state index is 12.4. The van der Waals surface area contributed by atoms with Gasteiger partial charge >= 0.3 is 0 Å². The summed E-state index contributed by atoms with van der Waals surface area (Å²) in [6.45, 7) is 8.32. The van der Waals surface area contributed by atoms with E-state index in [-0.39, 0.29) is 11.8 Å². The maximum atomic E-state index is 12.4. The highest BCUT2D eigenvalue weighted by molar-refractivity contribution is 6.35. The minimum Gasteiger partial charge on any atom is -0.355 e. The van der Waals surface area contributed by atoms with Gasteiger partial charge < -0.3 is 10.6 Å². The molecular formula is C24H30Cl2N4O2. The number of nitrogens with one attached hydrogen (secondary N) is 2. The SMILES string of the molecule is Cc1cccc(NC(=O)CN2CCN(CC(=O)NCCc3ccc(Cl)cc3Cl)CC2)c1C. The van der Waals surface area contributed by atoms with E-state index >= 15 is 0 Å². The van der Waals surface area contributed by atoms with Crippen LogP contribution in [-0.4, -0.2) is 67.4 Å². The summed E-state index contributed by atoms with van der Waals surface area (Å²) in [6.07, 6.45) is 0.658. The molecule has 0 aliphatic carbocycles. The molecule has 32 heavy (non-hydrogen) atoms. The number of hydrogen-bond donors (Lipinski definition) is 2. The first-order valence-corrected chi connectivity index (χ1v) is 11.6.